The Morgan fingerprint density at radius 3 is 1.49 bits per heavy atom. The van der Waals surface area contributed by atoms with Crippen LogP contribution in [0.25, 0.3) is 11.4 Å². The number of carbonyl (C=O) groups is 3. The largest absolute Gasteiger partial charge is 0.507 e. The van der Waals surface area contributed by atoms with Crippen LogP contribution in [0.15, 0.2) is 89.6 Å². The van der Waals surface area contributed by atoms with Crippen molar-refractivity contribution in [2.75, 3.05) is 0 Å². The molecule has 0 bridgehead atoms. The number of amides is 1. The molecule has 4 aliphatic carbocycles. The number of carbonyl (C=O) groups excluding carboxylic acids is 3. The van der Waals surface area contributed by atoms with E-state index in [1.54, 1.807) is 16.9 Å². The number of halogens is 12. The van der Waals surface area contributed by atoms with Crippen LogP contribution in [0.5, 0.6) is 28.7 Å². The number of aryl methyl sites for hydroxylation is 1. The van der Waals surface area contributed by atoms with Crippen molar-refractivity contribution < 1.29 is 76.5 Å². The Balaban J connectivity index is 0.000000225. The summed E-state index contributed by atoms with van der Waals surface area (Å²) in [6, 6.07) is 12.1. The maximum atomic E-state index is 13.3. The van der Waals surface area contributed by atoms with Gasteiger partial charge < -0.3 is 19.9 Å². The lowest BCUT2D eigenvalue weighted by Crippen LogP contribution is -2.49. The minimum Gasteiger partial charge on any atom is -0.507 e. The number of nitrogens with one attached hydrogen (secondary N) is 5. The normalized spacial score (nSPS) is 15.7. The van der Waals surface area contributed by atoms with Gasteiger partial charge in [-0.15, -0.1) is 12.4 Å². The van der Waals surface area contributed by atoms with Crippen LogP contribution in [0.4, 0.5) is 30.7 Å². The van der Waals surface area contributed by atoms with Crippen LogP contribution in [0.1, 0.15) is 87.6 Å². The van der Waals surface area contributed by atoms with Crippen molar-refractivity contribution in [1.82, 2.24) is 44.3 Å². The number of phenolic OH excluding ortho intramolecular Hbond substituents is 1. The first-order valence-electron chi connectivity index (χ1n) is 24.9. The molecule has 468 valence electrons. The molecule has 4 aromatic carbocycles. The van der Waals surface area contributed by atoms with E-state index in [2.05, 4.69) is 25.0 Å². The highest BCUT2D eigenvalue weighted by atomic mass is 35.5. The van der Waals surface area contributed by atoms with E-state index < -0.39 is 101 Å². The molecule has 87 heavy (non-hydrogen) atoms. The molecular weight excluding hydrogens is 1320 g/mol. The van der Waals surface area contributed by atoms with Crippen LogP contribution in [0.2, 0.25) is 20.1 Å². The number of phenols is 1. The number of sulfonamides is 2. The van der Waals surface area contributed by atoms with E-state index in [1.165, 1.54) is 24.3 Å². The third-order valence-corrected chi connectivity index (χ3v) is 17.4. The lowest BCUT2D eigenvalue weighted by atomic mass is 10.1. The molecule has 4 aliphatic rings. The van der Waals surface area contributed by atoms with Gasteiger partial charge in [0.15, 0.2) is 28.7 Å². The molecule has 0 radical (unpaired) electrons. The number of aromatic amines is 2. The van der Waals surface area contributed by atoms with Gasteiger partial charge in [-0.25, -0.2) is 44.0 Å². The molecule has 0 saturated heterocycles. The third kappa shape index (κ3) is 16.2. The number of H-pyrrole nitrogens is 2. The number of aromatic nitrogens is 6. The van der Waals surface area contributed by atoms with Gasteiger partial charge in [0.25, 0.3) is 24.0 Å². The molecule has 0 spiro atoms. The average Bonchev–Trinajstić information content (AvgIpc) is 2.45. The fourth-order valence-corrected chi connectivity index (χ4v) is 12.3. The Bertz CT molecular complexity index is 3900. The Morgan fingerprint density at radius 1 is 0.701 bits per heavy atom. The summed E-state index contributed by atoms with van der Waals surface area (Å²) >= 11 is 25.2. The lowest BCUT2D eigenvalue weighted by Gasteiger charge is -2.19. The molecular formula is C50H43Cl5F7N9O14S2. The van der Waals surface area contributed by atoms with Crippen LogP contribution in [-0.2, 0) is 34.4 Å². The van der Waals surface area contributed by atoms with Crippen LogP contribution in [0, 0.1) is 12.8 Å². The molecule has 23 nitrogen and oxygen atoms in total. The summed E-state index contributed by atoms with van der Waals surface area (Å²) in [5, 5.41) is 19.1. The fraction of sp³-hybridized carbons (Fsp3) is 0.340. The van der Waals surface area contributed by atoms with Crippen molar-refractivity contribution in [2.24, 2.45) is 5.92 Å². The quantitative estimate of drug-likeness (QED) is 0.0327. The van der Waals surface area contributed by atoms with Gasteiger partial charge in [0.1, 0.15) is 27.7 Å². The van der Waals surface area contributed by atoms with Gasteiger partial charge in [-0.1, -0.05) is 52.5 Å². The van der Waals surface area contributed by atoms with Gasteiger partial charge >= 0.3 is 17.6 Å². The number of ketones is 1. The Hall–Kier alpha value is -6.91. The maximum Gasteiger partial charge on any atom is 0.446 e. The van der Waals surface area contributed by atoms with Crippen molar-refractivity contribution in [3.05, 3.63) is 139 Å². The van der Waals surface area contributed by atoms with Gasteiger partial charge in [-0.05, 0) is 112 Å². The van der Waals surface area contributed by atoms with Crippen molar-refractivity contribution in [1.29, 1.82) is 0 Å². The topological polar surface area (TPSA) is 330 Å². The molecule has 37 heteroatoms. The molecule has 0 atom stereocenters. The third-order valence-electron chi connectivity index (χ3n) is 13.0. The number of hydrogen-bond donors (Lipinski definition) is 6. The minimum absolute atomic E-state index is 0. The second-order valence-corrected chi connectivity index (χ2v) is 24.7. The van der Waals surface area contributed by atoms with Gasteiger partial charge in [-0.3, -0.25) is 33.9 Å². The fourth-order valence-electron chi connectivity index (χ4n) is 7.95. The number of rotatable bonds is 19. The second kappa shape index (κ2) is 26.0. The molecule has 1 amide bonds. The molecule has 2 heterocycles. The number of aldehydes is 1. The zero-order chi connectivity index (χ0) is 63.2. The number of alkyl halides is 7. The smallest absolute Gasteiger partial charge is 0.446 e. The first kappa shape index (κ1) is 67.6. The molecule has 10 rings (SSSR count). The Kier molecular flexibility index (Phi) is 20.2. The van der Waals surface area contributed by atoms with E-state index in [9.17, 15) is 81.4 Å². The summed E-state index contributed by atoms with van der Waals surface area (Å²) in [4.78, 5) is 84.3. The molecule has 0 aliphatic heterocycles. The van der Waals surface area contributed by atoms with Gasteiger partial charge in [0.2, 0.25) is 32.2 Å². The Morgan fingerprint density at radius 2 is 1.10 bits per heavy atom. The van der Waals surface area contributed by atoms with E-state index in [4.69, 9.17) is 60.7 Å². The molecule has 4 saturated carbocycles. The van der Waals surface area contributed by atoms with E-state index in [0.717, 1.165) is 62.1 Å². The Labute approximate surface area is 511 Å². The number of nitrogens with zero attached hydrogens (tertiary/aromatic N) is 4. The summed E-state index contributed by atoms with van der Waals surface area (Å²) in [5.41, 5.74) is -9.57. The summed E-state index contributed by atoms with van der Waals surface area (Å²) in [7, 11) is -8.48. The number of hydrogen-bond acceptors (Lipinski definition) is 16. The van der Waals surface area contributed by atoms with E-state index in [1.807, 2.05) is 0 Å². The van der Waals surface area contributed by atoms with Crippen LogP contribution in [-0.4, -0.2) is 92.7 Å². The molecule has 4 fully saturated rings. The van der Waals surface area contributed by atoms with E-state index in [0.29, 0.717) is 47.0 Å². The second-order valence-electron chi connectivity index (χ2n) is 19.8. The highest BCUT2D eigenvalue weighted by Gasteiger charge is 2.55. The molecule has 6 aromatic rings. The van der Waals surface area contributed by atoms with Gasteiger partial charge in [-0.2, -0.15) is 42.2 Å². The van der Waals surface area contributed by atoms with E-state index >= 15 is 0 Å². The number of benzene rings is 4. The first-order valence-corrected chi connectivity index (χ1v) is 29.4. The van der Waals surface area contributed by atoms with Crippen molar-refractivity contribution in [2.45, 2.75) is 111 Å². The van der Waals surface area contributed by atoms with Crippen molar-refractivity contribution in [3.8, 4) is 40.1 Å². The van der Waals surface area contributed by atoms with Gasteiger partial charge in [0.05, 0.1) is 41.9 Å². The predicted octanol–water partition coefficient (Wildman–Crippen LogP) is 8.37. The maximum absolute atomic E-state index is 13.3. The lowest BCUT2D eigenvalue weighted by molar-refractivity contribution is -0.156. The van der Waals surface area contributed by atoms with Crippen LogP contribution >= 0.6 is 58.8 Å². The van der Waals surface area contributed by atoms with Crippen LogP contribution < -0.4 is 46.7 Å². The molecule has 2 aromatic heterocycles. The highest BCUT2D eigenvalue weighted by molar-refractivity contribution is 7.90. The summed E-state index contributed by atoms with van der Waals surface area (Å²) in [6.45, 7) is 1.58. The highest BCUT2D eigenvalue weighted by Crippen LogP contribution is 2.45. The van der Waals surface area contributed by atoms with Crippen molar-refractivity contribution >= 4 is 96.8 Å². The SMILES string of the molecule is Cc1ccc(Oc2c(Cl)cc(-n3nc(C(F)F)c(=O)[nH]c3=O)cc2Cl)cc1S(=O)(=O)NC1(C(=O)NC2CC2)CC1.Cl.O=C(CC1CC1)C1(NS(=O)(=O)c2cc(Oc3c(Cl)cc(-n4nc(C(F)F)c(=O)[nH]c4=O)cc3Cl)ccc2O)CC1.O=CC(F)(F)F. The van der Waals surface area contributed by atoms with E-state index in [-0.39, 0.29) is 95.4 Å². The zero-order valence-corrected chi connectivity index (χ0v) is 49.4. The predicted molar refractivity (Wildman–Crippen MR) is 298 cm³/mol. The monoisotopic (exact) mass is 1370 g/mol. The number of ether oxygens (including phenoxy) is 2. The zero-order valence-electron chi connectivity index (χ0n) is 43.9. The van der Waals surface area contributed by atoms with Crippen LogP contribution in [0.3, 0.4) is 0 Å². The number of Topliss-reactive ketones (excluding diaryl/α,β-unsaturated/α-hetero) is 1. The minimum atomic E-state index is -4.64. The number of aromatic hydroxyl groups is 1. The summed E-state index contributed by atoms with van der Waals surface area (Å²) in [6.07, 6.45) is -6.81. The molecule has 6 N–H and O–H groups in total. The molecule has 0 unspecified atom stereocenters. The van der Waals surface area contributed by atoms with Crippen molar-refractivity contribution in [3.63, 3.8) is 0 Å². The summed E-state index contributed by atoms with van der Waals surface area (Å²) < 4.78 is 154. The summed E-state index contributed by atoms with van der Waals surface area (Å²) in [5.74, 6) is -1.22. The van der Waals surface area contributed by atoms with Gasteiger partial charge in [0, 0.05) is 24.6 Å². The first-order chi connectivity index (χ1) is 40.1. The standard InChI is InChI=1S/C24H21Cl2F2N5O6S.C24H20Cl2F2N4O7S.C2HF3O.ClH/c1-11-2-5-14(10-17(11)40(37,38)32-24(6-7-24)22(35)29-12-3-4-12)39-19-15(25)8-13(9-16(19)26)33-23(36)30-21(34)18(31-33)20(27)28;25-14-8-12(32-23(36)29-22(35)19(30-32)21(27)28)9-15(26)20(14)39-13-3-4-16(33)17(10-13)40(37,38)31-24(5-6-24)18(34)7-11-1-2-11;3-2(4,5)1-6;/h2,5,8-10,12,20,32H,3-4,6-7H2,1H3,(H,29,35)(H,30,34,36);3-4,8-11,21,31,33H,1-2,5-7H2,(H,29,35,36);1H;1H. The average molecular weight is 1370 g/mol.